The molecule has 3 heteroatoms. The lowest BCUT2D eigenvalue weighted by molar-refractivity contribution is 0.179. The lowest BCUT2D eigenvalue weighted by atomic mass is 9.91. The summed E-state index contributed by atoms with van der Waals surface area (Å²) in [6.45, 7) is 7.78. The van der Waals surface area contributed by atoms with Crippen LogP contribution in [0.5, 0.6) is 0 Å². The van der Waals surface area contributed by atoms with Crippen molar-refractivity contribution in [3.8, 4) is 0 Å². The summed E-state index contributed by atoms with van der Waals surface area (Å²) in [5.74, 6) is 2.98. The Morgan fingerprint density at radius 3 is 2.89 bits per heavy atom. The van der Waals surface area contributed by atoms with Gasteiger partial charge in [0.2, 0.25) is 0 Å². The van der Waals surface area contributed by atoms with E-state index in [-0.39, 0.29) is 0 Å². The molecule has 0 aromatic carbocycles. The molecular formula is C16H31NOS. The molecular weight excluding hydrogens is 254 g/mol. The first-order chi connectivity index (χ1) is 9.29. The zero-order chi connectivity index (χ0) is 13.5. The minimum absolute atomic E-state index is 0.671. The van der Waals surface area contributed by atoms with Crippen molar-refractivity contribution in [2.75, 3.05) is 25.5 Å². The van der Waals surface area contributed by atoms with Gasteiger partial charge < -0.3 is 10.1 Å². The summed E-state index contributed by atoms with van der Waals surface area (Å²) in [5.41, 5.74) is 0. The molecule has 0 amide bonds. The Kier molecular flexibility index (Phi) is 7.03. The summed E-state index contributed by atoms with van der Waals surface area (Å²) in [6.07, 6.45) is 8.25. The quantitative estimate of drug-likeness (QED) is 0.770. The highest BCUT2D eigenvalue weighted by Crippen LogP contribution is 2.33. The second-order valence-electron chi connectivity index (χ2n) is 6.41. The van der Waals surface area contributed by atoms with Gasteiger partial charge in [0.15, 0.2) is 0 Å². The van der Waals surface area contributed by atoms with E-state index in [1.54, 1.807) is 0 Å². The van der Waals surface area contributed by atoms with Crippen LogP contribution in [0.15, 0.2) is 0 Å². The average molecular weight is 285 g/mol. The molecule has 4 unspecified atom stereocenters. The zero-order valence-electron chi connectivity index (χ0n) is 12.7. The maximum Gasteiger partial charge on any atom is 0.0510 e. The van der Waals surface area contributed by atoms with Gasteiger partial charge in [0, 0.05) is 29.6 Å². The van der Waals surface area contributed by atoms with Gasteiger partial charge in [-0.3, -0.25) is 0 Å². The van der Waals surface area contributed by atoms with Gasteiger partial charge in [-0.05, 0) is 38.1 Å². The van der Waals surface area contributed by atoms with Crippen LogP contribution in [0.3, 0.4) is 0 Å². The third-order valence-corrected chi connectivity index (χ3v) is 6.04. The second-order valence-corrected chi connectivity index (χ2v) is 7.74. The maximum absolute atomic E-state index is 5.58. The van der Waals surface area contributed by atoms with Crippen molar-refractivity contribution in [1.82, 2.24) is 5.32 Å². The highest BCUT2D eigenvalue weighted by molar-refractivity contribution is 7.99. The number of hydrogen-bond acceptors (Lipinski definition) is 3. The molecule has 0 aromatic rings. The lowest BCUT2D eigenvalue weighted by Gasteiger charge is -2.29. The molecule has 4 atom stereocenters. The van der Waals surface area contributed by atoms with Crippen LogP contribution >= 0.6 is 11.8 Å². The van der Waals surface area contributed by atoms with Gasteiger partial charge >= 0.3 is 0 Å². The van der Waals surface area contributed by atoms with Crippen LogP contribution in [-0.4, -0.2) is 36.8 Å². The number of rotatable bonds is 7. The number of nitrogens with one attached hydrogen (secondary N) is 1. The van der Waals surface area contributed by atoms with Crippen molar-refractivity contribution < 1.29 is 4.74 Å². The molecule has 2 nitrogen and oxygen atoms in total. The predicted octanol–water partition coefficient (Wildman–Crippen LogP) is 3.70. The molecule has 1 N–H and O–H groups in total. The summed E-state index contributed by atoms with van der Waals surface area (Å²) in [5, 5.41) is 4.68. The average Bonchev–Trinajstić information content (AvgIpc) is 2.93. The molecule has 0 radical (unpaired) electrons. The van der Waals surface area contributed by atoms with Crippen LogP contribution in [0, 0.1) is 11.8 Å². The maximum atomic E-state index is 5.58. The summed E-state index contributed by atoms with van der Waals surface area (Å²) in [6, 6.07) is 0.671. The van der Waals surface area contributed by atoms with E-state index in [0.717, 1.165) is 36.8 Å². The summed E-state index contributed by atoms with van der Waals surface area (Å²) in [7, 11) is 0. The van der Waals surface area contributed by atoms with Crippen molar-refractivity contribution in [2.45, 2.75) is 63.7 Å². The molecule has 2 fully saturated rings. The Labute approximate surface area is 123 Å². The third kappa shape index (κ3) is 5.28. The molecule has 0 aromatic heterocycles. The van der Waals surface area contributed by atoms with Gasteiger partial charge in [0.1, 0.15) is 0 Å². The van der Waals surface area contributed by atoms with Gasteiger partial charge in [0.25, 0.3) is 0 Å². The number of hydrogen-bond donors (Lipinski definition) is 1. The first-order valence-electron chi connectivity index (χ1n) is 8.22. The van der Waals surface area contributed by atoms with Crippen molar-refractivity contribution >= 4 is 11.8 Å². The Bertz CT molecular complexity index is 243. The van der Waals surface area contributed by atoms with Crippen molar-refractivity contribution in [3.05, 3.63) is 0 Å². The van der Waals surface area contributed by atoms with Crippen LogP contribution < -0.4 is 5.32 Å². The third-order valence-electron chi connectivity index (χ3n) is 4.59. The van der Waals surface area contributed by atoms with Crippen LogP contribution in [0.2, 0.25) is 0 Å². The van der Waals surface area contributed by atoms with E-state index in [2.05, 4.69) is 30.9 Å². The van der Waals surface area contributed by atoms with Crippen molar-refractivity contribution in [2.24, 2.45) is 11.8 Å². The van der Waals surface area contributed by atoms with Crippen LogP contribution in [0.25, 0.3) is 0 Å². The van der Waals surface area contributed by atoms with Gasteiger partial charge in [0.05, 0.1) is 6.61 Å². The van der Waals surface area contributed by atoms with E-state index < -0.39 is 0 Å². The van der Waals surface area contributed by atoms with Crippen LogP contribution in [-0.2, 0) is 4.74 Å². The molecule has 1 aliphatic carbocycles. The highest BCUT2D eigenvalue weighted by Gasteiger charge is 2.27. The predicted molar refractivity (Wildman–Crippen MR) is 84.9 cm³/mol. The topological polar surface area (TPSA) is 21.3 Å². The molecule has 1 saturated heterocycles. The molecule has 0 bridgehead atoms. The highest BCUT2D eigenvalue weighted by atomic mass is 32.2. The SMILES string of the molecule is CCCNC(CSC1CCCC(C)C1)C1CCOC1. The molecule has 1 saturated carbocycles. The van der Waals surface area contributed by atoms with E-state index in [4.69, 9.17) is 4.74 Å². The standard InChI is InChI=1S/C16H31NOS/c1-3-8-17-16(14-7-9-18-11-14)12-19-15-6-4-5-13(2)10-15/h13-17H,3-12H2,1-2H3. The normalized spacial score (nSPS) is 33.5. The van der Waals surface area contributed by atoms with Gasteiger partial charge in [-0.2, -0.15) is 11.8 Å². The molecule has 0 spiro atoms. The Hall–Kier alpha value is 0.270. The Balaban J connectivity index is 1.74. The molecule has 1 heterocycles. The van der Waals surface area contributed by atoms with E-state index in [1.165, 1.54) is 44.3 Å². The van der Waals surface area contributed by atoms with Gasteiger partial charge in [-0.25, -0.2) is 0 Å². The minimum Gasteiger partial charge on any atom is -0.381 e. The first-order valence-corrected chi connectivity index (χ1v) is 9.27. The molecule has 1 aliphatic heterocycles. The molecule has 2 aliphatic rings. The summed E-state index contributed by atoms with van der Waals surface area (Å²) in [4.78, 5) is 0. The van der Waals surface area contributed by atoms with E-state index in [0.29, 0.717) is 6.04 Å². The summed E-state index contributed by atoms with van der Waals surface area (Å²) < 4.78 is 5.58. The van der Waals surface area contributed by atoms with Gasteiger partial charge in [-0.1, -0.05) is 26.7 Å². The number of ether oxygens (including phenoxy) is 1. The fourth-order valence-corrected chi connectivity index (χ4v) is 5.00. The van der Waals surface area contributed by atoms with Gasteiger partial charge in [-0.15, -0.1) is 0 Å². The lowest BCUT2D eigenvalue weighted by Crippen LogP contribution is -2.39. The van der Waals surface area contributed by atoms with E-state index in [1.807, 2.05) is 0 Å². The Morgan fingerprint density at radius 2 is 2.21 bits per heavy atom. The van der Waals surface area contributed by atoms with Crippen LogP contribution in [0.1, 0.15) is 52.4 Å². The first kappa shape index (κ1) is 15.7. The monoisotopic (exact) mass is 285 g/mol. The minimum atomic E-state index is 0.671. The number of thioether (sulfide) groups is 1. The fourth-order valence-electron chi connectivity index (χ4n) is 3.33. The molecule has 112 valence electrons. The fraction of sp³-hybridized carbons (Fsp3) is 1.00. The summed E-state index contributed by atoms with van der Waals surface area (Å²) >= 11 is 2.23. The Morgan fingerprint density at radius 1 is 1.32 bits per heavy atom. The zero-order valence-corrected chi connectivity index (χ0v) is 13.5. The smallest absolute Gasteiger partial charge is 0.0510 e. The van der Waals surface area contributed by atoms with Crippen LogP contribution in [0.4, 0.5) is 0 Å². The van der Waals surface area contributed by atoms with E-state index in [9.17, 15) is 0 Å². The van der Waals surface area contributed by atoms with Crippen molar-refractivity contribution in [1.29, 1.82) is 0 Å². The second kappa shape index (κ2) is 8.53. The van der Waals surface area contributed by atoms with Crippen molar-refractivity contribution in [3.63, 3.8) is 0 Å². The molecule has 19 heavy (non-hydrogen) atoms. The largest absolute Gasteiger partial charge is 0.381 e. The molecule has 2 rings (SSSR count). The van der Waals surface area contributed by atoms with E-state index >= 15 is 0 Å².